The lowest BCUT2D eigenvalue weighted by molar-refractivity contribution is -0.128. The Morgan fingerprint density at radius 2 is 1.78 bits per heavy atom. The van der Waals surface area contributed by atoms with Crippen molar-refractivity contribution < 1.29 is 19.4 Å². The van der Waals surface area contributed by atoms with E-state index in [-0.39, 0.29) is 0 Å². The van der Waals surface area contributed by atoms with Crippen molar-refractivity contribution in [1.82, 2.24) is 15.3 Å². The number of benzene rings is 3. The van der Waals surface area contributed by atoms with Gasteiger partial charge >= 0.3 is 0 Å². The summed E-state index contributed by atoms with van der Waals surface area (Å²) in [6.07, 6.45) is -0.0955. The maximum absolute atomic E-state index is 13.2. The van der Waals surface area contributed by atoms with Gasteiger partial charge in [-0.3, -0.25) is 9.59 Å². The second-order valence-electron chi connectivity index (χ2n) is 8.77. The summed E-state index contributed by atoms with van der Waals surface area (Å²) in [6, 6.07) is 20.1. The highest BCUT2D eigenvalue weighted by molar-refractivity contribution is 5.99. The lowest BCUT2D eigenvalue weighted by atomic mass is 9.99. The Morgan fingerprint density at radius 1 is 1.05 bits per heavy atom. The van der Waals surface area contributed by atoms with Gasteiger partial charge in [-0.15, -0.1) is 0 Å². The first kappa shape index (κ1) is 24.4. The zero-order valence-corrected chi connectivity index (χ0v) is 20.1. The van der Waals surface area contributed by atoms with E-state index < -0.39 is 24.0 Å². The Morgan fingerprint density at radius 3 is 2.51 bits per heavy atom. The summed E-state index contributed by atoms with van der Waals surface area (Å²) in [5, 5.41) is 14.8. The van der Waals surface area contributed by atoms with Crippen molar-refractivity contribution in [2.24, 2.45) is 5.84 Å². The maximum atomic E-state index is 13.2. The number of aliphatic hydroxyl groups excluding tert-OH is 1. The highest BCUT2D eigenvalue weighted by Crippen LogP contribution is 2.24. The van der Waals surface area contributed by atoms with Crippen LogP contribution in [0.4, 0.5) is 11.4 Å². The minimum Gasteiger partial charge on any atom is -0.381 e. The van der Waals surface area contributed by atoms with Crippen molar-refractivity contribution in [2.45, 2.75) is 12.1 Å². The minimum absolute atomic E-state index is 0.373. The molecule has 2 atom stereocenters. The van der Waals surface area contributed by atoms with Crippen molar-refractivity contribution in [3.8, 4) is 0 Å². The first-order valence-electron chi connectivity index (χ1n) is 12.0. The van der Waals surface area contributed by atoms with Crippen molar-refractivity contribution in [1.29, 1.82) is 0 Å². The number of hydrogen-bond acceptors (Lipinski definition) is 7. The average Bonchev–Trinajstić information content (AvgIpc) is 3.44. The number of fused-ring (bicyclic) bond motifs is 1. The van der Waals surface area contributed by atoms with Crippen LogP contribution in [-0.2, 0) is 9.53 Å². The number of aromatic nitrogens is 2. The predicted octanol–water partition coefficient (Wildman–Crippen LogP) is 2.14. The molecule has 1 aromatic heterocycles. The van der Waals surface area contributed by atoms with E-state index in [0.29, 0.717) is 35.5 Å². The normalized spacial score (nSPS) is 15.2. The highest BCUT2D eigenvalue weighted by Gasteiger charge is 2.32. The van der Waals surface area contributed by atoms with Gasteiger partial charge in [0.2, 0.25) is 0 Å². The van der Waals surface area contributed by atoms with E-state index in [0.717, 1.165) is 29.3 Å². The SMILES string of the molecule is NN(C(=O)C(O)C(NC(=O)c1ccc(N2CCOCC2)cc1)c1ccccc1)c1ccc2nc[nH]c2c1. The number of rotatable bonds is 7. The van der Waals surface area contributed by atoms with Crippen molar-refractivity contribution in [3.05, 3.63) is 90.3 Å². The molecule has 0 bridgehead atoms. The fraction of sp³-hybridized carbons (Fsp3) is 0.222. The lowest BCUT2D eigenvalue weighted by Crippen LogP contribution is -2.50. The second kappa shape index (κ2) is 10.8. The van der Waals surface area contributed by atoms with Crippen molar-refractivity contribution in [3.63, 3.8) is 0 Å². The fourth-order valence-electron chi connectivity index (χ4n) is 4.36. The van der Waals surface area contributed by atoms with Gasteiger partial charge in [0.15, 0.2) is 6.10 Å². The van der Waals surface area contributed by atoms with Crippen molar-refractivity contribution >= 4 is 34.2 Å². The predicted molar refractivity (Wildman–Crippen MR) is 140 cm³/mol. The molecule has 1 saturated heterocycles. The number of anilines is 2. The van der Waals surface area contributed by atoms with E-state index >= 15 is 0 Å². The number of carbonyl (C=O) groups excluding carboxylic acids is 2. The number of nitrogens with zero attached hydrogens (tertiary/aromatic N) is 3. The van der Waals surface area contributed by atoms with E-state index in [1.807, 2.05) is 18.2 Å². The fourth-order valence-corrected chi connectivity index (χ4v) is 4.36. The standard InChI is InChI=1S/C27H28N6O4/c28-33(21-10-11-22-23(16-21)30-17-29-22)27(36)25(34)24(18-4-2-1-3-5-18)31-26(35)19-6-8-20(9-7-19)32-12-14-37-15-13-32/h1-11,16-17,24-25,34H,12-15,28H2,(H,29,30)(H,31,35). The number of hydrogen-bond donors (Lipinski definition) is 4. The van der Waals surface area contributed by atoms with Gasteiger partial charge in [0, 0.05) is 24.3 Å². The summed E-state index contributed by atoms with van der Waals surface area (Å²) >= 11 is 0. The molecule has 10 nitrogen and oxygen atoms in total. The molecule has 2 unspecified atom stereocenters. The molecule has 0 radical (unpaired) electrons. The second-order valence-corrected chi connectivity index (χ2v) is 8.77. The Kier molecular flexibility index (Phi) is 7.13. The molecule has 2 heterocycles. The lowest BCUT2D eigenvalue weighted by Gasteiger charge is -2.29. The van der Waals surface area contributed by atoms with Crippen LogP contribution in [0, 0.1) is 0 Å². The van der Waals surface area contributed by atoms with Crippen LogP contribution in [0.3, 0.4) is 0 Å². The van der Waals surface area contributed by atoms with E-state index in [1.165, 1.54) is 0 Å². The van der Waals surface area contributed by atoms with Crippen LogP contribution in [-0.4, -0.2) is 59.3 Å². The molecule has 5 N–H and O–H groups in total. The van der Waals surface area contributed by atoms with Gasteiger partial charge < -0.3 is 25.0 Å². The number of carbonyl (C=O) groups is 2. The minimum atomic E-state index is -1.64. The molecular weight excluding hydrogens is 472 g/mol. The molecule has 0 saturated carbocycles. The molecule has 37 heavy (non-hydrogen) atoms. The quantitative estimate of drug-likeness (QED) is 0.173. The summed E-state index contributed by atoms with van der Waals surface area (Å²) in [6.45, 7) is 2.92. The van der Waals surface area contributed by atoms with Gasteiger partial charge in [0.1, 0.15) is 0 Å². The van der Waals surface area contributed by atoms with E-state index in [4.69, 9.17) is 10.6 Å². The molecule has 3 aromatic carbocycles. The topological polar surface area (TPSA) is 137 Å². The monoisotopic (exact) mass is 500 g/mol. The molecule has 0 aliphatic carbocycles. The largest absolute Gasteiger partial charge is 0.381 e. The van der Waals surface area contributed by atoms with Crippen LogP contribution in [0.15, 0.2) is 79.1 Å². The Balaban J connectivity index is 1.35. The van der Waals surface area contributed by atoms with Crippen LogP contribution < -0.4 is 21.1 Å². The molecule has 0 spiro atoms. The van der Waals surface area contributed by atoms with Gasteiger partial charge in [0.05, 0.1) is 42.3 Å². The van der Waals surface area contributed by atoms with E-state index in [9.17, 15) is 14.7 Å². The van der Waals surface area contributed by atoms with Gasteiger partial charge in [-0.1, -0.05) is 30.3 Å². The summed E-state index contributed by atoms with van der Waals surface area (Å²) in [7, 11) is 0. The number of hydrazine groups is 1. The number of H-pyrrole nitrogens is 1. The Hall–Kier alpha value is -4.25. The molecule has 190 valence electrons. The molecular formula is C27H28N6O4. The Labute approximate surface area is 213 Å². The third-order valence-electron chi connectivity index (χ3n) is 6.44. The Bertz CT molecular complexity index is 1370. The number of morpholine rings is 1. The number of amides is 2. The summed E-state index contributed by atoms with van der Waals surface area (Å²) in [5.74, 6) is 4.92. The third-order valence-corrected chi connectivity index (χ3v) is 6.44. The molecule has 5 rings (SSSR count). The number of ether oxygens (including phenoxy) is 1. The molecule has 2 amide bonds. The van der Waals surface area contributed by atoms with Crippen molar-refractivity contribution in [2.75, 3.05) is 36.2 Å². The summed E-state index contributed by atoms with van der Waals surface area (Å²) < 4.78 is 5.40. The average molecular weight is 501 g/mol. The number of imidazole rings is 1. The van der Waals surface area contributed by atoms with Crippen LogP contribution in [0.2, 0.25) is 0 Å². The van der Waals surface area contributed by atoms with Gasteiger partial charge in [0.25, 0.3) is 11.8 Å². The smallest absolute Gasteiger partial charge is 0.272 e. The number of aliphatic hydroxyl groups is 1. The first-order valence-corrected chi connectivity index (χ1v) is 12.0. The van der Waals surface area contributed by atoms with Gasteiger partial charge in [-0.05, 0) is 48.0 Å². The van der Waals surface area contributed by atoms with Gasteiger partial charge in [-0.25, -0.2) is 15.8 Å². The first-order chi connectivity index (χ1) is 18.0. The highest BCUT2D eigenvalue weighted by atomic mass is 16.5. The van der Waals surface area contributed by atoms with Crippen LogP contribution >= 0.6 is 0 Å². The molecule has 4 aromatic rings. The number of nitrogens with two attached hydrogens (primary N) is 1. The molecule has 1 fully saturated rings. The number of nitrogens with one attached hydrogen (secondary N) is 2. The van der Waals surface area contributed by atoms with E-state index in [2.05, 4.69) is 20.2 Å². The molecule has 10 heteroatoms. The summed E-state index contributed by atoms with van der Waals surface area (Å²) in [5.41, 5.74) is 3.77. The molecule has 1 aliphatic rings. The van der Waals surface area contributed by atoms with Gasteiger partial charge in [-0.2, -0.15) is 0 Å². The zero-order valence-electron chi connectivity index (χ0n) is 20.1. The van der Waals surface area contributed by atoms with E-state index in [1.54, 1.807) is 60.9 Å². The molecule has 1 aliphatic heterocycles. The van der Waals surface area contributed by atoms with Crippen LogP contribution in [0.1, 0.15) is 22.0 Å². The van der Waals surface area contributed by atoms with Crippen LogP contribution in [0.25, 0.3) is 11.0 Å². The zero-order chi connectivity index (χ0) is 25.8. The summed E-state index contributed by atoms with van der Waals surface area (Å²) in [4.78, 5) is 35.7. The number of aromatic amines is 1. The maximum Gasteiger partial charge on any atom is 0.272 e. The third kappa shape index (κ3) is 5.31. The van der Waals surface area contributed by atoms with Crippen LogP contribution in [0.5, 0.6) is 0 Å².